The molecule has 1 fully saturated rings. The van der Waals surface area contributed by atoms with Gasteiger partial charge in [-0.1, -0.05) is 17.7 Å². The molecule has 0 bridgehead atoms. The summed E-state index contributed by atoms with van der Waals surface area (Å²) < 4.78 is 5.45. The molecule has 1 aromatic rings. The van der Waals surface area contributed by atoms with Gasteiger partial charge in [-0.05, 0) is 25.8 Å². The molecule has 1 unspecified atom stereocenters. The van der Waals surface area contributed by atoms with E-state index in [1.54, 1.807) is 6.92 Å². The van der Waals surface area contributed by atoms with E-state index in [-0.39, 0.29) is 29.1 Å². The second kappa shape index (κ2) is 5.87. The highest BCUT2D eigenvalue weighted by molar-refractivity contribution is 6.32. The lowest BCUT2D eigenvalue weighted by Crippen LogP contribution is -2.57. The lowest BCUT2D eigenvalue weighted by Gasteiger charge is -2.27. The number of primary amides is 1. The zero-order valence-corrected chi connectivity index (χ0v) is 12.2. The smallest absolute Gasteiger partial charge is 0.312 e. The first-order valence-corrected chi connectivity index (χ1v) is 6.84. The van der Waals surface area contributed by atoms with Gasteiger partial charge in [0.15, 0.2) is 0 Å². The molecular weight excluding hydrogens is 298 g/mol. The monoisotopic (exact) mass is 313 g/mol. The molecule has 3 N–H and O–H groups in total. The number of hydrogen-bond donors (Lipinski definition) is 2. The Morgan fingerprint density at radius 2 is 2.29 bits per heavy atom. The molecule has 0 saturated heterocycles. The van der Waals surface area contributed by atoms with Gasteiger partial charge in [0.1, 0.15) is 12.1 Å². The third kappa shape index (κ3) is 3.62. The highest BCUT2D eigenvalue weighted by atomic mass is 35.5. The molecule has 0 heterocycles. The van der Waals surface area contributed by atoms with Gasteiger partial charge in [0, 0.05) is 12.1 Å². The number of nitro benzene ring substituents is 1. The lowest BCUT2D eigenvalue weighted by molar-refractivity contribution is -0.385. The van der Waals surface area contributed by atoms with Crippen LogP contribution in [-0.2, 0) is 4.79 Å². The summed E-state index contributed by atoms with van der Waals surface area (Å²) in [6, 6.07) is 4.47. The van der Waals surface area contributed by atoms with E-state index in [0.29, 0.717) is 0 Å². The summed E-state index contributed by atoms with van der Waals surface area (Å²) in [6.45, 7) is 1.47. The van der Waals surface area contributed by atoms with E-state index in [0.717, 1.165) is 12.8 Å². The average Bonchev–Trinajstić information content (AvgIpc) is 3.20. The van der Waals surface area contributed by atoms with E-state index in [4.69, 9.17) is 22.1 Å². The number of amides is 1. The molecule has 7 nitrogen and oxygen atoms in total. The van der Waals surface area contributed by atoms with Gasteiger partial charge in [0.2, 0.25) is 11.7 Å². The molecule has 0 aliphatic heterocycles. The summed E-state index contributed by atoms with van der Waals surface area (Å²) in [4.78, 5) is 22.0. The molecule has 1 amide bonds. The molecule has 1 aliphatic rings. The van der Waals surface area contributed by atoms with E-state index in [9.17, 15) is 14.9 Å². The third-order valence-electron chi connectivity index (χ3n) is 3.29. The van der Waals surface area contributed by atoms with Crippen LogP contribution in [0.2, 0.25) is 5.02 Å². The molecule has 1 aromatic carbocycles. The second-order valence-electron chi connectivity index (χ2n) is 5.25. The Hall–Kier alpha value is -1.86. The van der Waals surface area contributed by atoms with Gasteiger partial charge in [-0.2, -0.15) is 0 Å². The largest absolute Gasteiger partial charge is 0.483 e. The predicted octanol–water partition coefficient (Wildman–Crippen LogP) is 1.62. The van der Waals surface area contributed by atoms with E-state index in [1.165, 1.54) is 18.2 Å². The average molecular weight is 314 g/mol. The van der Waals surface area contributed by atoms with Crippen LogP contribution in [-0.4, -0.2) is 29.0 Å². The summed E-state index contributed by atoms with van der Waals surface area (Å²) in [7, 11) is 0. The Morgan fingerprint density at radius 1 is 1.62 bits per heavy atom. The Kier molecular flexibility index (Phi) is 4.34. The zero-order chi connectivity index (χ0) is 15.6. The SMILES string of the molecule is CC(COc1c(Cl)cccc1[N+](=O)[O-])(NC1CC1)C(N)=O. The molecule has 2 rings (SSSR count). The maximum atomic E-state index is 11.6. The minimum atomic E-state index is -1.10. The number of nitro groups is 1. The maximum absolute atomic E-state index is 11.6. The number of carbonyl (C=O) groups is 1. The number of para-hydroxylation sites is 1. The molecular formula is C13H16ClN3O4. The lowest BCUT2D eigenvalue weighted by atomic mass is 10.0. The molecule has 1 aliphatic carbocycles. The van der Waals surface area contributed by atoms with Crippen LogP contribution >= 0.6 is 11.6 Å². The van der Waals surface area contributed by atoms with Crippen molar-refractivity contribution in [3.05, 3.63) is 33.3 Å². The normalized spacial score (nSPS) is 17.0. The van der Waals surface area contributed by atoms with Crippen molar-refractivity contribution in [3.63, 3.8) is 0 Å². The van der Waals surface area contributed by atoms with Crippen LogP contribution in [0.1, 0.15) is 19.8 Å². The summed E-state index contributed by atoms with van der Waals surface area (Å²) in [5.74, 6) is -0.640. The van der Waals surface area contributed by atoms with Crippen LogP contribution < -0.4 is 15.8 Å². The number of nitrogens with one attached hydrogen (secondary N) is 1. The summed E-state index contributed by atoms with van der Waals surface area (Å²) in [5, 5.41) is 14.2. The van der Waals surface area contributed by atoms with Gasteiger partial charge in [-0.15, -0.1) is 0 Å². The zero-order valence-electron chi connectivity index (χ0n) is 11.5. The molecule has 0 aromatic heterocycles. The van der Waals surface area contributed by atoms with Crippen molar-refractivity contribution in [2.45, 2.75) is 31.3 Å². The third-order valence-corrected chi connectivity index (χ3v) is 3.59. The maximum Gasteiger partial charge on any atom is 0.312 e. The van der Waals surface area contributed by atoms with Gasteiger partial charge in [-0.25, -0.2) is 0 Å². The van der Waals surface area contributed by atoms with Crippen LogP contribution in [0.15, 0.2) is 18.2 Å². The highest BCUT2D eigenvalue weighted by Crippen LogP contribution is 2.35. The molecule has 8 heteroatoms. The fourth-order valence-electron chi connectivity index (χ4n) is 1.86. The standard InChI is InChI=1S/C13H16ClN3O4/c1-13(12(15)18,16-8-5-6-8)7-21-11-9(14)3-2-4-10(11)17(19)20/h2-4,8,16H,5-7H2,1H3,(H2,15,18). The van der Waals surface area contributed by atoms with Crippen molar-refractivity contribution < 1.29 is 14.5 Å². The van der Waals surface area contributed by atoms with Gasteiger partial charge < -0.3 is 10.5 Å². The number of carbonyl (C=O) groups excluding carboxylic acids is 1. The van der Waals surface area contributed by atoms with Crippen molar-refractivity contribution in [1.29, 1.82) is 0 Å². The topological polar surface area (TPSA) is 107 Å². The fraction of sp³-hybridized carbons (Fsp3) is 0.462. The van der Waals surface area contributed by atoms with Crippen LogP contribution in [0.25, 0.3) is 0 Å². The minimum absolute atomic E-state index is 0.0609. The first-order chi connectivity index (χ1) is 9.83. The number of halogens is 1. The molecule has 1 saturated carbocycles. The van der Waals surface area contributed by atoms with Crippen molar-refractivity contribution in [2.75, 3.05) is 6.61 Å². The first-order valence-electron chi connectivity index (χ1n) is 6.47. The second-order valence-corrected chi connectivity index (χ2v) is 5.66. The van der Waals surface area contributed by atoms with Crippen LogP contribution in [0.5, 0.6) is 5.75 Å². The first kappa shape index (κ1) is 15.5. The molecule has 21 heavy (non-hydrogen) atoms. The van der Waals surface area contributed by atoms with Gasteiger partial charge >= 0.3 is 5.69 Å². The number of hydrogen-bond acceptors (Lipinski definition) is 5. The van der Waals surface area contributed by atoms with Gasteiger partial charge in [0.25, 0.3) is 0 Å². The number of benzene rings is 1. The Morgan fingerprint density at radius 3 is 2.81 bits per heavy atom. The van der Waals surface area contributed by atoms with Crippen molar-refractivity contribution >= 4 is 23.2 Å². The fourth-order valence-corrected chi connectivity index (χ4v) is 2.09. The van der Waals surface area contributed by atoms with E-state index >= 15 is 0 Å². The number of rotatable bonds is 7. The predicted molar refractivity (Wildman–Crippen MR) is 77.4 cm³/mol. The molecule has 1 atom stereocenters. The number of nitrogens with two attached hydrogens (primary N) is 1. The van der Waals surface area contributed by atoms with Crippen LogP contribution in [0.4, 0.5) is 5.69 Å². The van der Waals surface area contributed by atoms with Gasteiger partial charge in [-0.3, -0.25) is 20.2 Å². The number of nitrogens with zero attached hydrogens (tertiary/aromatic N) is 1. The summed E-state index contributed by atoms with van der Waals surface area (Å²) >= 11 is 5.93. The van der Waals surface area contributed by atoms with Crippen LogP contribution in [0, 0.1) is 10.1 Å². The Balaban J connectivity index is 2.17. The van der Waals surface area contributed by atoms with E-state index < -0.39 is 16.4 Å². The van der Waals surface area contributed by atoms with Crippen molar-refractivity contribution in [1.82, 2.24) is 5.32 Å². The quantitative estimate of drug-likeness (QED) is 0.587. The van der Waals surface area contributed by atoms with Crippen LogP contribution in [0.3, 0.4) is 0 Å². The molecule has 0 radical (unpaired) electrons. The van der Waals surface area contributed by atoms with E-state index in [2.05, 4.69) is 5.32 Å². The molecule has 0 spiro atoms. The highest BCUT2D eigenvalue weighted by Gasteiger charge is 2.38. The number of ether oxygens (including phenoxy) is 1. The Bertz CT molecular complexity index is 577. The van der Waals surface area contributed by atoms with E-state index in [1.807, 2.05) is 0 Å². The minimum Gasteiger partial charge on any atom is -0.483 e. The Labute approximate surface area is 126 Å². The van der Waals surface area contributed by atoms with Crippen molar-refractivity contribution in [3.8, 4) is 5.75 Å². The van der Waals surface area contributed by atoms with Gasteiger partial charge in [0.05, 0.1) is 9.95 Å². The summed E-state index contributed by atoms with van der Waals surface area (Å²) in [6.07, 6.45) is 1.93. The molecule has 114 valence electrons. The summed E-state index contributed by atoms with van der Waals surface area (Å²) in [5.41, 5.74) is 4.05. The van der Waals surface area contributed by atoms with Crippen molar-refractivity contribution in [2.24, 2.45) is 5.73 Å².